The van der Waals surface area contributed by atoms with Crippen LogP contribution in [-0.2, 0) is 4.79 Å². The molecule has 2 amide bonds. The van der Waals surface area contributed by atoms with Crippen molar-refractivity contribution in [2.24, 2.45) is 5.73 Å². The number of carbonyl (C=O) groups excluding carboxylic acids is 2. The maximum absolute atomic E-state index is 12.1. The normalized spacial score (nSPS) is 9.55. The molecule has 3 N–H and O–H groups in total. The first-order valence-electron chi connectivity index (χ1n) is 6.19. The van der Waals surface area contributed by atoms with Crippen molar-refractivity contribution in [3.8, 4) is 11.8 Å². The van der Waals surface area contributed by atoms with E-state index >= 15 is 0 Å². The minimum absolute atomic E-state index is 0.00591. The van der Waals surface area contributed by atoms with Gasteiger partial charge in [-0.25, -0.2) is 0 Å². The van der Waals surface area contributed by atoms with Gasteiger partial charge in [-0.2, -0.15) is 0 Å². The van der Waals surface area contributed by atoms with Crippen molar-refractivity contribution < 1.29 is 14.7 Å². The number of nitrogens with two attached hydrogens (primary N) is 1. The second-order valence-corrected chi connectivity index (χ2v) is 4.49. The number of amides is 2. The third-order valence-electron chi connectivity index (χ3n) is 2.53. The molecule has 1 rings (SSSR count). The van der Waals surface area contributed by atoms with Crippen LogP contribution in [0, 0.1) is 18.8 Å². The van der Waals surface area contributed by atoms with Crippen LogP contribution in [0.15, 0.2) is 18.2 Å². The van der Waals surface area contributed by atoms with Gasteiger partial charge in [-0.3, -0.25) is 9.59 Å². The first kappa shape index (κ1) is 15.7. The molecular weight excluding hydrogens is 256 g/mol. The highest BCUT2D eigenvalue weighted by atomic mass is 16.2. The lowest BCUT2D eigenvalue weighted by molar-refractivity contribution is -0.118. The van der Waals surface area contributed by atoms with Crippen LogP contribution >= 0.6 is 0 Å². The van der Waals surface area contributed by atoms with Gasteiger partial charge in [0.25, 0.3) is 5.91 Å². The van der Waals surface area contributed by atoms with E-state index in [1.54, 1.807) is 12.1 Å². The summed E-state index contributed by atoms with van der Waals surface area (Å²) < 4.78 is 0. The van der Waals surface area contributed by atoms with Crippen LogP contribution in [0.1, 0.15) is 27.9 Å². The summed E-state index contributed by atoms with van der Waals surface area (Å²) in [5, 5.41) is 8.69. The van der Waals surface area contributed by atoms with Gasteiger partial charge in [0.05, 0.1) is 13.2 Å². The van der Waals surface area contributed by atoms with Crippen LogP contribution in [-0.4, -0.2) is 42.0 Å². The second-order valence-electron chi connectivity index (χ2n) is 4.49. The van der Waals surface area contributed by atoms with Crippen LogP contribution < -0.4 is 5.73 Å². The number of primary amides is 1. The van der Waals surface area contributed by atoms with E-state index in [4.69, 9.17) is 10.8 Å². The third-order valence-corrected chi connectivity index (χ3v) is 2.53. The fraction of sp³-hybridized carbons (Fsp3) is 0.333. The Hall–Kier alpha value is -2.32. The highest BCUT2D eigenvalue weighted by Gasteiger charge is 2.14. The fourth-order valence-electron chi connectivity index (χ4n) is 1.73. The van der Waals surface area contributed by atoms with Gasteiger partial charge in [-0.1, -0.05) is 11.8 Å². The molecule has 0 saturated carbocycles. The molecule has 0 spiro atoms. The van der Waals surface area contributed by atoms with Crippen molar-refractivity contribution in [2.45, 2.75) is 13.3 Å². The Morgan fingerprint density at radius 3 is 2.65 bits per heavy atom. The third kappa shape index (κ3) is 4.75. The van der Waals surface area contributed by atoms with Gasteiger partial charge in [-0.05, 0) is 30.7 Å². The van der Waals surface area contributed by atoms with Crippen LogP contribution in [0.25, 0.3) is 0 Å². The maximum atomic E-state index is 12.1. The lowest BCUT2D eigenvalue weighted by Crippen LogP contribution is -2.35. The quantitative estimate of drug-likeness (QED) is 0.774. The molecule has 0 aromatic heterocycles. The summed E-state index contributed by atoms with van der Waals surface area (Å²) in [4.78, 5) is 24.2. The molecule has 0 radical (unpaired) electrons. The van der Waals surface area contributed by atoms with Gasteiger partial charge >= 0.3 is 0 Å². The lowest BCUT2D eigenvalue weighted by atomic mass is 10.1. The number of aliphatic hydroxyl groups is 1. The van der Waals surface area contributed by atoms with E-state index in [0.29, 0.717) is 17.5 Å². The lowest BCUT2D eigenvalue weighted by Gasteiger charge is -2.15. The molecule has 1 aromatic rings. The Morgan fingerprint density at radius 1 is 1.35 bits per heavy atom. The molecule has 106 valence electrons. The van der Waals surface area contributed by atoms with E-state index in [2.05, 4.69) is 11.8 Å². The number of rotatable bonds is 4. The molecule has 5 nitrogen and oxygen atoms in total. The zero-order chi connectivity index (χ0) is 15.1. The molecule has 20 heavy (non-hydrogen) atoms. The molecule has 0 heterocycles. The van der Waals surface area contributed by atoms with E-state index in [1.165, 1.54) is 11.9 Å². The summed E-state index contributed by atoms with van der Waals surface area (Å²) in [5.41, 5.74) is 7.13. The predicted octanol–water partition coefficient (Wildman–Crippen LogP) is 0.286. The molecule has 0 fully saturated rings. The van der Waals surface area contributed by atoms with E-state index in [0.717, 1.165) is 5.56 Å². The summed E-state index contributed by atoms with van der Waals surface area (Å²) in [6.45, 7) is 1.74. The summed E-state index contributed by atoms with van der Waals surface area (Å²) in [5.74, 6) is 4.86. The van der Waals surface area contributed by atoms with Gasteiger partial charge in [0.2, 0.25) is 5.91 Å². The number of hydrogen-bond acceptors (Lipinski definition) is 3. The Labute approximate surface area is 118 Å². The molecule has 5 heteroatoms. The average Bonchev–Trinajstić information content (AvgIpc) is 2.36. The van der Waals surface area contributed by atoms with Gasteiger partial charge < -0.3 is 15.7 Å². The topological polar surface area (TPSA) is 83.6 Å². The van der Waals surface area contributed by atoms with Crippen molar-refractivity contribution >= 4 is 11.8 Å². The van der Waals surface area contributed by atoms with Crippen molar-refractivity contribution in [1.29, 1.82) is 0 Å². The first-order valence-corrected chi connectivity index (χ1v) is 6.19. The number of hydrogen-bond donors (Lipinski definition) is 2. The van der Waals surface area contributed by atoms with E-state index in [1.807, 2.05) is 13.0 Å². The molecule has 0 atom stereocenters. The summed E-state index contributed by atoms with van der Waals surface area (Å²) in [7, 11) is 1.52. The molecule has 0 saturated heterocycles. The van der Waals surface area contributed by atoms with Crippen molar-refractivity contribution in [1.82, 2.24) is 4.90 Å². The fourth-order valence-corrected chi connectivity index (χ4v) is 1.73. The smallest absolute Gasteiger partial charge is 0.254 e. The van der Waals surface area contributed by atoms with Crippen LogP contribution in [0.4, 0.5) is 0 Å². The Kier molecular flexibility index (Phi) is 5.75. The van der Waals surface area contributed by atoms with Crippen molar-refractivity contribution in [3.05, 3.63) is 34.9 Å². The average molecular weight is 274 g/mol. The van der Waals surface area contributed by atoms with E-state index in [-0.39, 0.29) is 19.1 Å². The number of benzene rings is 1. The minimum Gasteiger partial charge on any atom is -0.395 e. The summed E-state index contributed by atoms with van der Waals surface area (Å²) in [6.07, 6.45) is 0.388. The molecule has 1 aromatic carbocycles. The standard InChI is InChI=1S/C15H18N2O3/c1-11-7-12(5-3-4-6-18)9-13(8-11)15(20)17(2)10-14(16)19/h7-9,18H,4,6,10H2,1-2H3,(H2,16,19). The first-order chi connectivity index (χ1) is 9.43. The number of likely N-dealkylation sites (N-methyl/N-ethyl adjacent to an activating group) is 1. The molecule has 0 unspecified atom stereocenters. The molecule has 0 aliphatic rings. The maximum Gasteiger partial charge on any atom is 0.254 e. The molecular formula is C15H18N2O3. The monoisotopic (exact) mass is 274 g/mol. The largest absolute Gasteiger partial charge is 0.395 e. The zero-order valence-corrected chi connectivity index (χ0v) is 11.6. The second kappa shape index (κ2) is 7.31. The van der Waals surface area contributed by atoms with Crippen LogP contribution in [0.3, 0.4) is 0 Å². The molecule has 0 aliphatic heterocycles. The summed E-state index contributed by atoms with van der Waals surface area (Å²) in [6, 6.07) is 5.25. The number of nitrogens with zero attached hydrogens (tertiary/aromatic N) is 1. The van der Waals surface area contributed by atoms with Crippen LogP contribution in [0.2, 0.25) is 0 Å². The highest BCUT2D eigenvalue weighted by Crippen LogP contribution is 2.11. The van der Waals surface area contributed by atoms with E-state index < -0.39 is 5.91 Å². The minimum atomic E-state index is -0.559. The number of aryl methyl sites for hydroxylation is 1. The highest BCUT2D eigenvalue weighted by molar-refractivity contribution is 5.96. The zero-order valence-electron chi connectivity index (χ0n) is 11.6. The van der Waals surface area contributed by atoms with Gasteiger partial charge in [0, 0.05) is 24.6 Å². The number of aliphatic hydroxyl groups excluding tert-OH is 1. The van der Waals surface area contributed by atoms with Gasteiger partial charge in [0.1, 0.15) is 0 Å². The van der Waals surface area contributed by atoms with Crippen molar-refractivity contribution in [3.63, 3.8) is 0 Å². The Morgan fingerprint density at radius 2 is 2.05 bits per heavy atom. The van der Waals surface area contributed by atoms with Gasteiger partial charge in [-0.15, -0.1) is 0 Å². The number of carbonyl (C=O) groups is 2. The van der Waals surface area contributed by atoms with Crippen LogP contribution in [0.5, 0.6) is 0 Å². The predicted molar refractivity (Wildman–Crippen MR) is 75.9 cm³/mol. The Bertz CT molecular complexity index is 570. The molecule has 0 aliphatic carbocycles. The molecule has 0 bridgehead atoms. The summed E-state index contributed by atoms with van der Waals surface area (Å²) >= 11 is 0. The SMILES string of the molecule is Cc1cc(C#CCCO)cc(C(=O)N(C)CC(N)=O)c1. The Balaban J connectivity index is 2.98. The van der Waals surface area contributed by atoms with Gasteiger partial charge in [0.15, 0.2) is 0 Å². The van der Waals surface area contributed by atoms with Crippen molar-refractivity contribution in [2.75, 3.05) is 20.2 Å². The van der Waals surface area contributed by atoms with E-state index in [9.17, 15) is 9.59 Å².